The molecule has 0 saturated heterocycles. The number of amides is 1. The average Bonchev–Trinajstić information content (AvgIpc) is 2.55. The van der Waals surface area contributed by atoms with Crippen LogP contribution >= 0.6 is 0 Å². The van der Waals surface area contributed by atoms with Crippen molar-refractivity contribution in [3.63, 3.8) is 0 Å². The second-order valence-electron chi connectivity index (χ2n) is 4.71. The average molecular weight is 291 g/mol. The number of hydrogen-bond acceptors (Lipinski definition) is 3. The van der Waals surface area contributed by atoms with Crippen LogP contribution in [0.15, 0.2) is 71.2 Å². The lowest BCUT2D eigenvalue weighted by Gasteiger charge is -2.04. The number of aliphatic imine (C=N–C) groups is 2. The number of para-hydroxylation sites is 1. The first kappa shape index (κ1) is 15.4. The molecule has 0 heterocycles. The van der Waals surface area contributed by atoms with E-state index in [1.165, 1.54) is 11.6 Å². The maximum Gasteiger partial charge on any atom is 0.243 e. The van der Waals surface area contributed by atoms with E-state index in [1.807, 2.05) is 55.5 Å². The van der Waals surface area contributed by atoms with Gasteiger partial charge >= 0.3 is 0 Å². The van der Waals surface area contributed by atoms with Gasteiger partial charge in [0, 0.05) is 6.54 Å². The van der Waals surface area contributed by atoms with Gasteiger partial charge in [0.05, 0.1) is 11.4 Å². The van der Waals surface area contributed by atoms with Crippen LogP contribution in [0.25, 0.3) is 0 Å². The minimum absolute atomic E-state index is 0.216. The Morgan fingerprint density at radius 2 is 1.91 bits per heavy atom. The van der Waals surface area contributed by atoms with Gasteiger partial charge in [-0.2, -0.15) is 9.98 Å². The molecular formula is C18H17N3O. The highest BCUT2D eigenvalue weighted by Crippen LogP contribution is 2.18. The fraction of sp³-hybridized carbons (Fsp3) is 0.111. The van der Waals surface area contributed by atoms with Crippen molar-refractivity contribution in [3.05, 3.63) is 72.3 Å². The Morgan fingerprint density at radius 1 is 1.18 bits per heavy atom. The van der Waals surface area contributed by atoms with Crippen LogP contribution in [0.1, 0.15) is 11.1 Å². The largest absolute Gasteiger partial charge is 0.348 e. The van der Waals surface area contributed by atoms with Gasteiger partial charge in [0.1, 0.15) is 6.01 Å². The van der Waals surface area contributed by atoms with E-state index < -0.39 is 0 Å². The number of carbonyl (C=O) groups excluding carboxylic acids is 1. The van der Waals surface area contributed by atoms with E-state index in [0.29, 0.717) is 6.54 Å². The molecule has 1 N–H and O–H groups in total. The number of aryl methyl sites for hydroxylation is 1. The number of nitrogens with one attached hydrogen (secondary N) is 1. The van der Waals surface area contributed by atoms with Crippen LogP contribution in [0.4, 0.5) is 11.4 Å². The number of rotatable bonds is 5. The van der Waals surface area contributed by atoms with E-state index in [-0.39, 0.29) is 5.91 Å². The number of carbonyl (C=O) groups is 1. The Hall–Kier alpha value is -2.97. The summed E-state index contributed by atoms with van der Waals surface area (Å²) >= 11 is 0. The Balaban J connectivity index is 2.14. The summed E-state index contributed by atoms with van der Waals surface area (Å²) in [6.07, 6.45) is 1.24. The highest BCUT2D eigenvalue weighted by molar-refractivity contribution is 5.86. The monoisotopic (exact) mass is 291 g/mol. The van der Waals surface area contributed by atoms with Crippen LogP contribution in [0, 0.1) is 6.92 Å². The van der Waals surface area contributed by atoms with Gasteiger partial charge in [-0.3, -0.25) is 4.79 Å². The van der Waals surface area contributed by atoms with Gasteiger partial charge in [-0.25, -0.2) is 0 Å². The third kappa shape index (κ3) is 4.54. The third-order valence-electron chi connectivity index (χ3n) is 3.01. The van der Waals surface area contributed by atoms with E-state index in [0.717, 1.165) is 16.9 Å². The second kappa shape index (κ2) is 7.72. The van der Waals surface area contributed by atoms with E-state index >= 15 is 0 Å². The molecule has 2 aromatic rings. The number of hydrogen-bond donors (Lipinski definition) is 1. The lowest BCUT2D eigenvalue weighted by atomic mass is 10.2. The number of nitrogens with zero attached hydrogens (tertiary/aromatic N) is 2. The summed E-state index contributed by atoms with van der Waals surface area (Å²) in [6.45, 7) is 5.83. The smallest absolute Gasteiger partial charge is 0.243 e. The molecule has 0 saturated carbocycles. The van der Waals surface area contributed by atoms with Crippen molar-refractivity contribution in [1.82, 2.24) is 5.32 Å². The van der Waals surface area contributed by atoms with Gasteiger partial charge in [-0.15, -0.1) is 0 Å². The quantitative estimate of drug-likeness (QED) is 0.658. The van der Waals surface area contributed by atoms with Crippen molar-refractivity contribution in [2.75, 3.05) is 0 Å². The molecule has 0 bridgehead atoms. The minimum atomic E-state index is -0.216. The summed E-state index contributed by atoms with van der Waals surface area (Å²) in [4.78, 5) is 19.6. The topological polar surface area (TPSA) is 53.8 Å². The zero-order chi connectivity index (χ0) is 15.8. The molecule has 0 unspecified atom stereocenters. The molecule has 0 fully saturated rings. The predicted octanol–water partition coefficient (Wildman–Crippen LogP) is 3.93. The fourth-order valence-electron chi connectivity index (χ4n) is 1.78. The molecule has 110 valence electrons. The standard InChI is InChI=1S/C18H17N3O/c1-3-18(22)19-12-15-6-4-5-7-17(15)21-13-20-16-10-8-14(2)9-11-16/h3-11H,1,12H2,2H3,(H,19,22). The van der Waals surface area contributed by atoms with Gasteiger partial charge in [0.15, 0.2) is 0 Å². The van der Waals surface area contributed by atoms with Crippen LogP contribution in [0.2, 0.25) is 0 Å². The Bertz CT molecular complexity index is 726. The predicted molar refractivity (Wildman–Crippen MR) is 88.8 cm³/mol. The lowest BCUT2D eigenvalue weighted by molar-refractivity contribution is -0.116. The first-order valence-corrected chi connectivity index (χ1v) is 6.90. The highest BCUT2D eigenvalue weighted by Gasteiger charge is 2.01. The zero-order valence-electron chi connectivity index (χ0n) is 12.4. The summed E-state index contributed by atoms with van der Waals surface area (Å²) in [5.74, 6) is -0.216. The maximum absolute atomic E-state index is 11.2. The zero-order valence-corrected chi connectivity index (χ0v) is 12.4. The Kier molecular flexibility index (Phi) is 5.41. The Labute approximate surface area is 129 Å². The van der Waals surface area contributed by atoms with Gasteiger partial charge in [-0.05, 0) is 36.8 Å². The van der Waals surface area contributed by atoms with Crippen molar-refractivity contribution in [1.29, 1.82) is 0 Å². The molecule has 4 heteroatoms. The second-order valence-corrected chi connectivity index (χ2v) is 4.71. The number of benzene rings is 2. The molecule has 1 amide bonds. The molecular weight excluding hydrogens is 274 g/mol. The minimum Gasteiger partial charge on any atom is -0.348 e. The molecule has 0 aliphatic carbocycles. The summed E-state index contributed by atoms with van der Waals surface area (Å²) in [5, 5.41) is 2.73. The molecule has 0 aliphatic rings. The molecule has 4 nitrogen and oxygen atoms in total. The van der Waals surface area contributed by atoms with E-state index in [1.54, 1.807) is 0 Å². The lowest BCUT2D eigenvalue weighted by Crippen LogP contribution is -2.19. The van der Waals surface area contributed by atoms with E-state index in [2.05, 4.69) is 27.9 Å². The molecule has 0 atom stereocenters. The third-order valence-corrected chi connectivity index (χ3v) is 3.01. The van der Waals surface area contributed by atoms with Crippen molar-refractivity contribution >= 4 is 23.3 Å². The SMILES string of the molecule is C=CC(=O)NCc1ccccc1N=C=Nc1ccc(C)cc1. The molecule has 22 heavy (non-hydrogen) atoms. The molecule has 2 aromatic carbocycles. The van der Waals surface area contributed by atoms with Crippen LogP contribution in [-0.2, 0) is 11.3 Å². The van der Waals surface area contributed by atoms with Crippen LogP contribution in [0.3, 0.4) is 0 Å². The summed E-state index contributed by atoms with van der Waals surface area (Å²) in [5.41, 5.74) is 3.60. The molecule has 0 aromatic heterocycles. The van der Waals surface area contributed by atoms with Gasteiger partial charge in [-0.1, -0.05) is 42.5 Å². The highest BCUT2D eigenvalue weighted by atomic mass is 16.1. The summed E-state index contributed by atoms with van der Waals surface area (Å²) in [6, 6.07) is 18.0. The molecule has 0 aliphatic heterocycles. The van der Waals surface area contributed by atoms with Gasteiger partial charge < -0.3 is 5.32 Å². The summed E-state index contributed by atoms with van der Waals surface area (Å²) in [7, 11) is 0. The van der Waals surface area contributed by atoms with Crippen LogP contribution < -0.4 is 5.32 Å². The van der Waals surface area contributed by atoms with Crippen molar-refractivity contribution in [2.24, 2.45) is 9.98 Å². The van der Waals surface area contributed by atoms with Crippen molar-refractivity contribution < 1.29 is 4.79 Å². The Morgan fingerprint density at radius 3 is 2.64 bits per heavy atom. The first-order chi connectivity index (χ1) is 10.7. The molecule has 0 radical (unpaired) electrons. The molecule has 0 spiro atoms. The van der Waals surface area contributed by atoms with Gasteiger partial charge in [0.2, 0.25) is 5.91 Å². The van der Waals surface area contributed by atoms with E-state index in [9.17, 15) is 4.79 Å². The van der Waals surface area contributed by atoms with E-state index in [4.69, 9.17) is 0 Å². The normalized spacial score (nSPS) is 9.50. The van der Waals surface area contributed by atoms with Gasteiger partial charge in [0.25, 0.3) is 0 Å². The molecule has 2 rings (SSSR count). The van der Waals surface area contributed by atoms with Crippen LogP contribution in [0.5, 0.6) is 0 Å². The van der Waals surface area contributed by atoms with Crippen LogP contribution in [-0.4, -0.2) is 11.9 Å². The van der Waals surface area contributed by atoms with Crippen molar-refractivity contribution in [3.8, 4) is 0 Å². The van der Waals surface area contributed by atoms with Crippen molar-refractivity contribution in [2.45, 2.75) is 13.5 Å². The fourth-order valence-corrected chi connectivity index (χ4v) is 1.78. The summed E-state index contributed by atoms with van der Waals surface area (Å²) < 4.78 is 0. The maximum atomic E-state index is 11.2. The first-order valence-electron chi connectivity index (χ1n) is 6.90.